The quantitative estimate of drug-likeness (QED) is 0.927. The minimum Gasteiger partial charge on any atom is -0.381 e. The molecule has 0 aliphatic heterocycles. The summed E-state index contributed by atoms with van der Waals surface area (Å²) in [5, 5.41) is 11.9. The first-order valence-corrected chi connectivity index (χ1v) is 6.16. The van der Waals surface area contributed by atoms with Crippen LogP contribution in [0.1, 0.15) is 11.1 Å². The molecule has 0 spiro atoms. The minimum absolute atomic E-state index is 0.255. The number of benzene rings is 2. The van der Waals surface area contributed by atoms with Crippen molar-refractivity contribution in [2.75, 3.05) is 5.32 Å². The third kappa shape index (κ3) is 3.08. The molecule has 0 saturated carbocycles. The molecule has 2 aromatic carbocycles. The highest BCUT2D eigenvalue weighted by Gasteiger charge is 2.01. The van der Waals surface area contributed by atoms with Crippen LogP contribution in [-0.2, 0) is 6.54 Å². The summed E-state index contributed by atoms with van der Waals surface area (Å²) in [6.45, 7) is 0.518. The molecule has 2 nitrogen and oxygen atoms in total. The van der Waals surface area contributed by atoms with Crippen molar-refractivity contribution in [1.29, 1.82) is 5.26 Å². The molecular formula is C14H10BrFN2. The van der Waals surface area contributed by atoms with Gasteiger partial charge in [-0.25, -0.2) is 4.39 Å². The van der Waals surface area contributed by atoms with Crippen LogP contribution in [-0.4, -0.2) is 0 Å². The zero-order valence-electron chi connectivity index (χ0n) is 9.45. The van der Waals surface area contributed by atoms with Crippen LogP contribution >= 0.6 is 15.9 Å². The molecule has 18 heavy (non-hydrogen) atoms. The number of nitrogens with one attached hydrogen (secondary N) is 1. The van der Waals surface area contributed by atoms with Gasteiger partial charge in [0.05, 0.1) is 11.6 Å². The third-order valence-electron chi connectivity index (χ3n) is 2.50. The predicted octanol–water partition coefficient (Wildman–Crippen LogP) is 4.07. The monoisotopic (exact) mass is 304 g/mol. The molecule has 0 amide bonds. The van der Waals surface area contributed by atoms with Crippen molar-refractivity contribution in [3.63, 3.8) is 0 Å². The van der Waals surface area contributed by atoms with Gasteiger partial charge in [-0.2, -0.15) is 5.26 Å². The summed E-state index contributed by atoms with van der Waals surface area (Å²) in [6, 6.07) is 13.8. The Kier molecular flexibility index (Phi) is 3.96. The maximum absolute atomic E-state index is 13.1. The van der Waals surface area contributed by atoms with Crippen LogP contribution in [0, 0.1) is 17.1 Å². The molecule has 0 aliphatic rings. The summed E-state index contributed by atoms with van der Waals surface area (Å²) in [4.78, 5) is 0. The number of rotatable bonds is 3. The Balaban J connectivity index is 2.07. The molecule has 4 heteroatoms. The summed E-state index contributed by atoms with van der Waals surface area (Å²) < 4.78 is 14.0. The number of hydrogen-bond donors (Lipinski definition) is 1. The molecule has 0 saturated heterocycles. The first kappa shape index (κ1) is 12.6. The van der Waals surface area contributed by atoms with E-state index in [2.05, 4.69) is 27.3 Å². The van der Waals surface area contributed by atoms with Crippen molar-refractivity contribution in [2.24, 2.45) is 0 Å². The summed E-state index contributed by atoms with van der Waals surface area (Å²) in [5.74, 6) is -0.255. The van der Waals surface area contributed by atoms with Crippen LogP contribution in [0.2, 0.25) is 0 Å². The zero-order chi connectivity index (χ0) is 13.0. The maximum Gasteiger partial charge on any atom is 0.123 e. The van der Waals surface area contributed by atoms with E-state index in [1.807, 2.05) is 12.1 Å². The predicted molar refractivity (Wildman–Crippen MR) is 72.6 cm³/mol. The lowest BCUT2D eigenvalue weighted by molar-refractivity contribution is 0.625. The van der Waals surface area contributed by atoms with Gasteiger partial charge >= 0.3 is 0 Å². The van der Waals surface area contributed by atoms with Gasteiger partial charge in [-0.15, -0.1) is 0 Å². The second kappa shape index (κ2) is 5.65. The molecule has 0 radical (unpaired) electrons. The van der Waals surface area contributed by atoms with Crippen molar-refractivity contribution >= 4 is 21.6 Å². The lowest BCUT2D eigenvalue weighted by atomic mass is 10.2. The number of anilines is 1. The third-order valence-corrected chi connectivity index (χ3v) is 3.28. The van der Waals surface area contributed by atoms with Crippen molar-refractivity contribution in [3.8, 4) is 6.07 Å². The normalized spacial score (nSPS) is 9.83. The Bertz CT molecular complexity index is 588. The second-order valence-corrected chi connectivity index (χ2v) is 4.63. The summed E-state index contributed by atoms with van der Waals surface area (Å²) in [6.07, 6.45) is 0. The van der Waals surface area contributed by atoms with Gasteiger partial charge in [0.15, 0.2) is 0 Å². The first-order chi connectivity index (χ1) is 8.69. The van der Waals surface area contributed by atoms with E-state index in [0.29, 0.717) is 12.1 Å². The Labute approximate surface area is 113 Å². The van der Waals surface area contributed by atoms with Crippen LogP contribution in [0.5, 0.6) is 0 Å². The molecule has 2 rings (SSSR count). The zero-order valence-corrected chi connectivity index (χ0v) is 11.0. The summed E-state index contributed by atoms with van der Waals surface area (Å²) in [5.41, 5.74) is 2.36. The molecule has 1 N–H and O–H groups in total. The van der Waals surface area contributed by atoms with E-state index in [9.17, 15) is 4.39 Å². The Morgan fingerprint density at radius 3 is 2.56 bits per heavy atom. The van der Waals surface area contributed by atoms with Gasteiger partial charge < -0.3 is 5.32 Å². The minimum atomic E-state index is -0.255. The fourth-order valence-corrected chi connectivity index (χ4v) is 1.93. The average molecular weight is 305 g/mol. The SMILES string of the molecule is N#Cc1ccc(NCc2cc(F)ccc2Br)cc1. The van der Waals surface area contributed by atoms with Crippen LogP contribution in [0.4, 0.5) is 10.1 Å². The molecule has 0 fully saturated rings. The molecule has 0 heterocycles. The van der Waals surface area contributed by atoms with Crippen LogP contribution in [0.15, 0.2) is 46.9 Å². The maximum atomic E-state index is 13.1. The Hall–Kier alpha value is -1.86. The van der Waals surface area contributed by atoms with E-state index in [0.717, 1.165) is 15.7 Å². The number of nitrogens with zero attached hydrogens (tertiary/aromatic N) is 1. The van der Waals surface area contributed by atoms with E-state index in [4.69, 9.17) is 5.26 Å². The highest BCUT2D eigenvalue weighted by atomic mass is 79.9. The van der Waals surface area contributed by atoms with Crippen molar-refractivity contribution in [1.82, 2.24) is 0 Å². The first-order valence-electron chi connectivity index (χ1n) is 5.37. The molecule has 90 valence electrons. The topological polar surface area (TPSA) is 35.8 Å². The van der Waals surface area contributed by atoms with Gasteiger partial charge in [0.2, 0.25) is 0 Å². The lowest BCUT2D eigenvalue weighted by Gasteiger charge is -2.08. The van der Waals surface area contributed by atoms with Gasteiger partial charge in [-0.1, -0.05) is 15.9 Å². The van der Waals surface area contributed by atoms with Gasteiger partial charge in [0.1, 0.15) is 5.82 Å². The molecular weight excluding hydrogens is 295 g/mol. The summed E-state index contributed by atoms with van der Waals surface area (Å²) >= 11 is 3.38. The van der Waals surface area contributed by atoms with Gasteiger partial charge in [-0.3, -0.25) is 0 Å². The smallest absolute Gasteiger partial charge is 0.123 e. The molecule has 0 bridgehead atoms. The molecule has 0 aromatic heterocycles. The van der Waals surface area contributed by atoms with Gasteiger partial charge in [0.25, 0.3) is 0 Å². The second-order valence-electron chi connectivity index (χ2n) is 3.78. The largest absolute Gasteiger partial charge is 0.381 e. The fraction of sp³-hybridized carbons (Fsp3) is 0.0714. The molecule has 0 unspecified atom stereocenters. The van der Waals surface area contributed by atoms with E-state index < -0.39 is 0 Å². The molecule has 2 aromatic rings. The average Bonchev–Trinajstić information content (AvgIpc) is 2.40. The molecule has 0 aliphatic carbocycles. The van der Waals surface area contributed by atoms with Gasteiger partial charge in [0, 0.05) is 16.7 Å². The van der Waals surface area contributed by atoms with Crippen LogP contribution in [0.3, 0.4) is 0 Å². The number of hydrogen-bond acceptors (Lipinski definition) is 2. The van der Waals surface area contributed by atoms with E-state index in [1.54, 1.807) is 18.2 Å². The van der Waals surface area contributed by atoms with E-state index in [1.165, 1.54) is 12.1 Å². The van der Waals surface area contributed by atoms with E-state index >= 15 is 0 Å². The van der Waals surface area contributed by atoms with E-state index in [-0.39, 0.29) is 5.82 Å². The fourth-order valence-electron chi connectivity index (χ4n) is 1.54. The van der Waals surface area contributed by atoms with Gasteiger partial charge in [-0.05, 0) is 48.0 Å². The van der Waals surface area contributed by atoms with Crippen LogP contribution < -0.4 is 5.32 Å². The summed E-state index contributed by atoms with van der Waals surface area (Å²) in [7, 11) is 0. The molecule has 0 atom stereocenters. The number of nitriles is 1. The van der Waals surface area contributed by atoms with Crippen molar-refractivity contribution in [2.45, 2.75) is 6.54 Å². The highest BCUT2D eigenvalue weighted by Crippen LogP contribution is 2.19. The van der Waals surface area contributed by atoms with Crippen LogP contribution in [0.25, 0.3) is 0 Å². The lowest BCUT2D eigenvalue weighted by Crippen LogP contribution is -2.00. The Morgan fingerprint density at radius 1 is 1.17 bits per heavy atom. The standard InChI is InChI=1S/C14H10BrFN2/c15-14-6-3-12(16)7-11(14)9-18-13-4-1-10(8-17)2-5-13/h1-7,18H,9H2. The van der Waals surface area contributed by atoms with Crippen molar-refractivity contribution < 1.29 is 4.39 Å². The number of halogens is 2. The highest BCUT2D eigenvalue weighted by molar-refractivity contribution is 9.10. The van der Waals surface area contributed by atoms with Crippen molar-refractivity contribution in [3.05, 3.63) is 63.9 Å². The Morgan fingerprint density at radius 2 is 1.89 bits per heavy atom.